The highest BCUT2D eigenvalue weighted by molar-refractivity contribution is 4.95. The van der Waals surface area contributed by atoms with Crippen molar-refractivity contribution < 1.29 is 5.11 Å². The Morgan fingerprint density at radius 2 is 2.00 bits per heavy atom. The molecule has 13 heavy (non-hydrogen) atoms. The molecule has 0 aromatic rings. The summed E-state index contributed by atoms with van der Waals surface area (Å²) in [6, 6.07) is 1.65. The molecule has 0 heterocycles. The summed E-state index contributed by atoms with van der Waals surface area (Å²) in [6.45, 7) is 1.10. The fraction of sp³-hybridized carbons (Fsp3) is 1.00. The van der Waals surface area contributed by atoms with Crippen molar-refractivity contribution in [3.63, 3.8) is 0 Å². The van der Waals surface area contributed by atoms with Crippen LogP contribution < -0.4 is 5.73 Å². The lowest BCUT2D eigenvalue weighted by Gasteiger charge is -2.31. The van der Waals surface area contributed by atoms with Crippen molar-refractivity contribution in [2.45, 2.75) is 50.2 Å². The highest BCUT2D eigenvalue weighted by atomic mass is 16.3. The zero-order valence-corrected chi connectivity index (χ0v) is 8.15. The molecule has 0 spiro atoms. The Morgan fingerprint density at radius 3 is 2.46 bits per heavy atom. The lowest BCUT2D eigenvalue weighted by molar-refractivity contribution is 0.135. The first kappa shape index (κ1) is 9.44. The molecule has 0 aromatic carbocycles. The first-order valence-electron chi connectivity index (χ1n) is 5.45. The van der Waals surface area contributed by atoms with E-state index in [1.165, 1.54) is 32.1 Å². The van der Waals surface area contributed by atoms with Gasteiger partial charge < -0.3 is 10.8 Å². The monoisotopic (exact) mass is 184 g/mol. The number of rotatable bonds is 4. The van der Waals surface area contributed by atoms with Gasteiger partial charge in [-0.05, 0) is 25.7 Å². The van der Waals surface area contributed by atoms with Crippen LogP contribution in [0.3, 0.4) is 0 Å². The van der Waals surface area contributed by atoms with Gasteiger partial charge in [-0.25, -0.2) is 0 Å². The molecule has 2 saturated carbocycles. The Kier molecular flexibility index (Phi) is 2.86. The topological polar surface area (TPSA) is 49.5 Å². The van der Waals surface area contributed by atoms with Crippen LogP contribution in [-0.4, -0.2) is 41.3 Å². The molecule has 76 valence electrons. The molecule has 2 aliphatic carbocycles. The Morgan fingerprint density at radius 1 is 1.23 bits per heavy atom. The van der Waals surface area contributed by atoms with Crippen LogP contribution >= 0.6 is 0 Å². The molecule has 0 aromatic heterocycles. The highest BCUT2D eigenvalue weighted by Crippen LogP contribution is 2.33. The van der Waals surface area contributed by atoms with Gasteiger partial charge >= 0.3 is 0 Å². The van der Waals surface area contributed by atoms with Crippen LogP contribution in [0.15, 0.2) is 0 Å². The summed E-state index contributed by atoms with van der Waals surface area (Å²) in [6.07, 6.45) is 6.28. The van der Waals surface area contributed by atoms with Crippen molar-refractivity contribution >= 4 is 0 Å². The van der Waals surface area contributed by atoms with Gasteiger partial charge in [-0.1, -0.05) is 6.42 Å². The van der Waals surface area contributed by atoms with Gasteiger partial charge in [-0.2, -0.15) is 0 Å². The number of nitrogens with zero attached hydrogens (tertiary/aromatic N) is 1. The number of aliphatic hydroxyl groups is 1. The molecule has 0 saturated heterocycles. The maximum Gasteiger partial charge on any atom is 0.0558 e. The second kappa shape index (κ2) is 3.95. The third-order valence-corrected chi connectivity index (χ3v) is 3.33. The minimum Gasteiger partial charge on any atom is -0.395 e. The van der Waals surface area contributed by atoms with Crippen molar-refractivity contribution in [3.8, 4) is 0 Å². The molecular formula is C10H20N2O. The molecule has 0 bridgehead atoms. The fourth-order valence-electron chi connectivity index (χ4n) is 2.52. The van der Waals surface area contributed by atoms with E-state index in [0.29, 0.717) is 12.1 Å². The van der Waals surface area contributed by atoms with Gasteiger partial charge in [0, 0.05) is 24.7 Å². The van der Waals surface area contributed by atoms with Gasteiger partial charge in [-0.15, -0.1) is 0 Å². The molecule has 2 unspecified atom stereocenters. The Hall–Kier alpha value is -0.120. The normalized spacial score (nSPS) is 34.4. The summed E-state index contributed by atoms with van der Waals surface area (Å²) in [4.78, 5) is 2.44. The predicted molar refractivity (Wildman–Crippen MR) is 52.4 cm³/mol. The van der Waals surface area contributed by atoms with E-state index >= 15 is 0 Å². The maximum absolute atomic E-state index is 8.98. The molecule has 3 N–H and O–H groups in total. The molecular weight excluding hydrogens is 164 g/mol. The summed E-state index contributed by atoms with van der Waals surface area (Å²) < 4.78 is 0. The number of hydrogen-bond acceptors (Lipinski definition) is 3. The van der Waals surface area contributed by atoms with Crippen molar-refractivity contribution in [1.29, 1.82) is 0 Å². The minimum absolute atomic E-state index is 0.278. The largest absolute Gasteiger partial charge is 0.395 e. The average molecular weight is 184 g/mol. The van der Waals surface area contributed by atoms with Crippen LogP contribution in [0.2, 0.25) is 0 Å². The summed E-state index contributed by atoms with van der Waals surface area (Å²) in [5.74, 6) is 0. The lowest BCUT2D eigenvalue weighted by atomic mass is 10.1. The molecule has 0 aliphatic heterocycles. The van der Waals surface area contributed by atoms with Crippen molar-refractivity contribution in [3.05, 3.63) is 0 Å². The van der Waals surface area contributed by atoms with Gasteiger partial charge in [0.05, 0.1) is 6.61 Å². The summed E-state index contributed by atoms with van der Waals surface area (Å²) in [5, 5.41) is 8.98. The predicted octanol–water partition coefficient (Wildman–Crippen LogP) is 0.323. The fourth-order valence-corrected chi connectivity index (χ4v) is 2.52. The van der Waals surface area contributed by atoms with E-state index in [1.54, 1.807) is 0 Å². The first-order valence-corrected chi connectivity index (χ1v) is 5.45. The lowest BCUT2D eigenvalue weighted by Crippen LogP contribution is -2.46. The molecule has 2 rings (SSSR count). The Balaban J connectivity index is 1.92. The van der Waals surface area contributed by atoms with E-state index in [2.05, 4.69) is 4.90 Å². The number of hydrogen-bond donors (Lipinski definition) is 2. The second-order valence-electron chi connectivity index (χ2n) is 4.35. The van der Waals surface area contributed by atoms with Crippen LogP contribution in [0.25, 0.3) is 0 Å². The SMILES string of the molecule is NC1CCCC1N(CCO)C1CC1. The summed E-state index contributed by atoms with van der Waals surface area (Å²) in [7, 11) is 0. The van der Waals surface area contributed by atoms with E-state index in [9.17, 15) is 0 Å². The van der Waals surface area contributed by atoms with Gasteiger partial charge in [0.15, 0.2) is 0 Å². The average Bonchev–Trinajstić information content (AvgIpc) is 2.86. The van der Waals surface area contributed by atoms with Gasteiger partial charge in [-0.3, -0.25) is 4.90 Å². The molecule has 0 radical (unpaired) electrons. The molecule has 2 atom stereocenters. The quantitative estimate of drug-likeness (QED) is 0.661. The van der Waals surface area contributed by atoms with Gasteiger partial charge in [0.2, 0.25) is 0 Å². The smallest absolute Gasteiger partial charge is 0.0558 e. The van der Waals surface area contributed by atoms with Crippen LogP contribution in [0, 0.1) is 0 Å². The third-order valence-electron chi connectivity index (χ3n) is 3.33. The van der Waals surface area contributed by atoms with Gasteiger partial charge in [0.1, 0.15) is 0 Å². The van der Waals surface area contributed by atoms with Crippen molar-refractivity contribution in [2.24, 2.45) is 5.73 Å². The Labute approximate surface area is 79.9 Å². The van der Waals surface area contributed by atoms with E-state index in [4.69, 9.17) is 10.8 Å². The summed E-state index contributed by atoms with van der Waals surface area (Å²) in [5.41, 5.74) is 6.05. The molecule has 2 fully saturated rings. The van der Waals surface area contributed by atoms with E-state index in [-0.39, 0.29) is 6.61 Å². The Bertz CT molecular complexity index is 170. The molecule has 3 heteroatoms. The molecule has 0 amide bonds. The zero-order valence-electron chi connectivity index (χ0n) is 8.15. The maximum atomic E-state index is 8.98. The van der Waals surface area contributed by atoms with Crippen LogP contribution in [0.1, 0.15) is 32.1 Å². The molecule has 2 aliphatic rings. The minimum atomic E-state index is 0.278. The second-order valence-corrected chi connectivity index (χ2v) is 4.35. The van der Waals surface area contributed by atoms with E-state index < -0.39 is 0 Å². The molecule has 3 nitrogen and oxygen atoms in total. The number of aliphatic hydroxyl groups excluding tert-OH is 1. The van der Waals surface area contributed by atoms with Crippen LogP contribution in [-0.2, 0) is 0 Å². The van der Waals surface area contributed by atoms with Crippen molar-refractivity contribution in [2.75, 3.05) is 13.2 Å². The van der Waals surface area contributed by atoms with Crippen molar-refractivity contribution in [1.82, 2.24) is 4.90 Å². The van der Waals surface area contributed by atoms with E-state index in [0.717, 1.165) is 12.6 Å². The van der Waals surface area contributed by atoms with Crippen LogP contribution in [0.4, 0.5) is 0 Å². The van der Waals surface area contributed by atoms with E-state index in [1.807, 2.05) is 0 Å². The standard InChI is InChI=1S/C10H20N2O/c11-9-2-1-3-10(9)12(6-7-13)8-4-5-8/h8-10,13H,1-7,11H2. The zero-order chi connectivity index (χ0) is 9.26. The highest BCUT2D eigenvalue weighted by Gasteiger charge is 2.37. The third kappa shape index (κ3) is 2.03. The first-order chi connectivity index (χ1) is 6.33. The summed E-state index contributed by atoms with van der Waals surface area (Å²) >= 11 is 0. The number of nitrogens with two attached hydrogens (primary N) is 1. The van der Waals surface area contributed by atoms with Crippen LogP contribution in [0.5, 0.6) is 0 Å². The van der Waals surface area contributed by atoms with Gasteiger partial charge in [0.25, 0.3) is 0 Å².